The van der Waals surface area contributed by atoms with Crippen LogP contribution in [-0.4, -0.2) is 16.3 Å². The van der Waals surface area contributed by atoms with E-state index in [2.05, 4.69) is 15.0 Å². The minimum absolute atomic E-state index is 0. The second-order valence-corrected chi connectivity index (χ2v) is 3.72. The summed E-state index contributed by atoms with van der Waals surface area (Å²) in [6.45, 7) is 0. The summed E-state index contributed by atoms with van der Waals surface area (Å²) in [7, 11) is 0. The quantitative estimate of drug-likeness (QED) is 0.690. The fraction of sp³-hybridized carbons (Fsp3) is 0. The highest BCUT2D eigenvalue weighted by Gasteiger charge is 2.34. The molecular weight excluding hydrogens is 248 g/mol. The van der Waals surface area contributed by atoms with Crippen LogP contribution >= 0.6 is 0 Å². The summed E-state index contributed by atoms with van der Waals surface area (Å²) in [6.07, 6.45) is 9.11. The molecule has 5 heteroatoms. The Hall–Kier alpha value is -2.04. The lowest BCUT2D eigenvalue weighted by atomic mass is 10.3. The van der Waals surface area contributed by atoms with Crippen LogP contribution in [0.25, 0.3) is 0 Å². The fourth-order valence-corrected chi connectivity index (χ4v) is 1.86. The lowest BCUT2D eigenvalue weighted by molar-refractivity contribution is -0.00000348. The molecule has 2 aromatic rings. The Morgan fingerprint density at radius 1 is 0.833 bits per heavy atom. The maximum absolute atomic E-state index is 4.40. The van der Waals surface area contributed by atoms with Gasteiger partial charge in [-0.2, -0.15) is 4.48 Å². The number of quaternary nitrogens is 1. The molecule has 0 unspecified atom stereocenters. The van der Waals surface area contributed by atoms with E-state index in [1.54, 1.807) is 18.6 Å². The molecule has 0 bridgehead atoms. The summed E-state index contributed by atoms with van der Waals surface area (Å²) in [5.41, 5.74) is 0. The van der Waals surface area contributed by atoms with Crippen molar-refractivity contribution < 1.29 is 12.4 Å². The number of nitrogens with zero attached hydrogens (tertiary/aromatic N) is 4. The number of aromatic nitrogens is 2. The molecule has 0 spiro atoms. The van der Waals surface area contributed by atoms with E-state index in [1.165, 1.54) is 0 Å². The highest BCUT2D eigenvalue weighted by molar-refractivity contribution is 5.84. The molecule has 1 aliphatic heterocycles. The van der Waals surface area contributed by atoms with E-state index in [-0.39, 0.29) is 12.4 Å². The number of aliphatic imine (C=N–C) groups is 1. The Labute approximate surface area is 111 Å². The average Bonchev–Trinajstić information content (AvgIpc) is 2.91. The average molecular weight is 259 g/mol. The number of hydrogen-bond donors (Lipinski definition) is 0. The van der Waals surface area contributed by atoms with Crippen LogP contribution in [0.4, 0.5) is 11.6 Å². The highest BCUT2D eigenvalue weighted by Crippen LogP contribution is 2.31. The Balaban J connectivity index is 0.00000120. The van der Waals surface area contributed by atoms with Crippen molar-refractivity contribution >= 4 is 18.0 Å². The number of pyridine rings is 2. The highest BCUT2D eigenvalue weighted by atomic mass is 35.5. The summed E-state index contributed by atoms with van der Waals surface area (Å²) in [5, 5.41) is 0. The molecule has 1 aliphatic rings. The Kier molecular flexibility index (Phi) is 3.50. The zero-order chi connectivity index (χ0) is 11.6. The molecule has 0 saturated carbocycles. The third-order valence-electron chi connectivity index (χ3n) is 2.69. The van der Waals surface area contributed by atoms with Gasteiger partial charge in [0.05, 0.1) is 6.20 Å². The van der Waals surface area contributed by atoms with Crippen molar-refractivity contribution in [1.82, 2.24) is 14.5 Å². The van der Waals surface area contributed by atoms with Crippen molar-refractivity contribution in [3.63, 3.8) is 0 Å². The second kappa shape index (κ2) is 5.08. The Bertz CT molecular complexity index is 513. The van der Waals surface area contributed by atoms with Crippen molar-refractivity contribution in [2.75, 3.05) is 0 Å². The molecule has 0 aliphatic carbocycles. The van der Waals surface area contributed by atoms with Gasteiger partial charge in [-0.15, -0.1) is 0 Å². The zero-order valence-electron chi connectivity index (χ0n) is 9.52. The summed E-state index contributed by atoms with van der Waals surface area (Å²) in [4.78, 5) is 13.0. The van der Waals surface area contributed by atoms with Crippen LogP contribution in [0.3, 0.4) is 0 Å². The van der Waals surface area contributed by atoms with Crippen LogP contribution in [0.15, 0.2) is 66.2 Å². The molecule has 0 aromatic carbocycles. The van der Waals surface area contributed by atoms with Gasteiger partial charge in [-0.25, -0.2) is 15.0 Å². The van der Waals surface area contributed by atoms with Gasteiger partial charge in [-0.05, 0) is 12.1 Å². The first-order chi connectivity index (χ1) is 8.42. The SMILES string of the molecule is C1=C[N+](c2ccccn2)(c2ccccn2)C=N1.[Cl-]. The van der Waals surface area contributed by atoms with E-state index in [0.717, 1.165) is 11.6 Å². The maximum Gasteiger partial charge on any atom is 0.244 e. The molecule has 4 nitrogen and oxygen atoms in total. The van der Waals surface area contributed by atoms with Crippen LogP contribution in [0.5, 0.6) is 0 Å². The van der Waals surface area contributed by atoms with Gasteiger partial charge < -0.3 is 12.4 Å². The fourth-order valence-electron chi connectivity index (χ4n) is 1.86. The van der Waals surface area contributed by atoms with Crippen molar-refractivity contribution in [3.05, 3.63) is 61.2 Å². The topological polar surface area (TPSA) is 38.1 Å². The van der Waals surface area contributed by atoms with Crippen molar-refractivity contribution in [2.24, 2.45) is 4.99 Å². The molecule has 90 valence electrons. The summed E-state index contributed by atoms with van der Waals surface area (Å²) >= 11 is 0. The Morgan fingerprint density at radius 2 is 1.44 bits per heavy atom. The maximum atomic E-state index is 4.40. The molecular formula is C13H11ClN4. The molecule has 0 radical (unpaired) electrons. The van der Waals surface area contributed by atoms with E-state index in [0.29, 0.717) is 4.48 Å². The van der Waals surface area contributed by atoms with Crippen LogP contribution in [0.2, 0.25) is 0 Å². The van der Waals surface area contributed by atoms with Gasteiger partial charge in [-0.1, -0.05) is 12.1 Å². The minimum atomic E-state index is 0. The normalized spacial score (nSPS) is 15.3. The van der Waals surface area contributed by atoms with Gasteiger partial charge >= 0.3 is 0 Å². The minimum Gasteiger partial charge on any atom is -1.00 e. The van der Waals surface area contributed by atoms with Gasteiger partial charge in [-0.3, -0.25) is 0 Å². The summed E-state index contributed by atoms with van der Waals surface area (Å²) in [5.74, 6) is 1.76. The van der Waals surface area contributed by atoms with Gasteiger partial charge in [0.2, 0.25) is 18.0 Å². The van der Waals surface area contributed by atoms with Gasteiger partial charge in [0, 0.05) is 24.5 Å². The van der Waals surface area contributed by atoms with Crippen LogP contribution in [-0.2, 0) is 0 Å². The molecule has 3 rings (SSSR count). The van der Waals surface area contributed by atoms with E-state index >= 15 is 0 Å². The number of rotatable bonds is 2. The van der Waals surface area contributed by atoms with Crippen molar-refractivity contribution in [1.29, 1.82) is 0 Å². The van der Waals surface area contributed by atoms with E-state index in [9.17, 15) is 0 Å². The van der Waals surface area contributed by atoms with Gasteiger partial charge in [0.15, 0.2) is 0 Å². The number of hydrogen-bond acceptors (Lipinski definition) is 3. The van der Waals surface area contributed by atoms with E-state index in [4.69, 9.17) is 0 Å². The molecule has 2 aromatic heterocycles. The third-order valence-corrected chi connectivity index (χ3v) is 2.69. The van der Waals surface area contributed by atoms with Crippen LogP contribution < -0.4 is 16.9 Å². The summed E-state index contributed by atoms with van der Waals surface area (Å²) < 4.78 is 0.335. The van der Waals surface area contributed by atoms with Gasteiger partial charge in [0.25, 0.3) is 0 Å². The van der Waals surface area contributed by atoms with E-state index < -0.39 is 0 Å². The lowest BCUT2D eigenvalue weighted by Gasteiger charge is -2.23. The first kappa shape index (κ1) is 12.4. The third kappa shape index (κ3) is 1.92. The molecule has 0 N–H and O–H groups in total. The van der Waals surface area contributed by atoms with Crippen LogP contribution in [0.1, 0.15) is 0 Å². The van der Waals surface area contributed by atoms with Crippen molar-refractivity contribution in [2.45, 2.75) is 0 Å². The smallest absolute Gasteiger partial charge is 0.244 e. The first-order valence-corrected chi connectivity index (χ1v) is 5.35. The predicted octanol–water partition coefficient (Wildman–Crippen LogP) is -0.367. The molecule has 18 heavy (non-hydrogen) atoms. The number of halogens is 1. The molecule has 0 saturated heterocycles. The molecule has 0 atom stereocenters. The van der Waals surface area contributed by atoms with E-state index in [1.807, 2.05) is 48.9 Å². The molecule has 0 amide bonds. The second-order valence-electron chi connectivity index (χ2n) is 3.72. The lowest BCUT2D eigenvalue weighted by Crippen LogP contribution is -3.00. The zero-order valence-corrected chi connectivity index (χ0v) is 10.3. The largest absolute Gasteiger partial charge is 1.00 e. The Morgan fingerprint density at radius 3 is 1.83 bits per heavy atom. The van der Waals surface area contributed by atoms with Crippen molar-refractivity contribution in [3.8, 4) is 0 Å². The molecule has 3 heterocycles. The standard InChI is InChI=1S/C13H11N4.ClH/c1-3-7-15-12(5-1)17(10-9-14-11-17)13-6-2-4-8-16-13;/h1-11H;1H/q+1;/p-1. The van der Waals surface area contributed by atoms with Crippen LogP contribution in [0, 0.1) is 0 Å². The summed E-state index contributed by atoms with van der Waals surface area (Å²) in [6, 6.07) is 11.7. The predicted molar refractivity (Wildman–Crippen MR) is 67.6 cm³/mol. The monoisotopic (exact) mass is 258 g/mol. The van der Waals surface area contributed by atoms with Gasteiger partial charge in [0.1, 0.15) is 6.20 Å². The molecule has 0 fully saturated rings. The first-order valence-electron chi connectivity index (χ1n) is 5.35.